The average molecular weight is 392 g/mol. The lowest BCUT2D eigenvalue weighted by molar-refractivity contribution is -0.134. The second-order valence-electron chi connectivity index (χ2n) is 8.61. The van der Waals surface area contributed by atoms with E-state index in [0.717, 1.165) is 45.8 Å². The molecule has 0 aromatic heterocycles. The first-order valence-corrected chi connectivity index (χ1v) is 10.7. The first-order chi connectivity index (χ1) is 13.5. The molecule has 1 aliphatic carbocycles. The Hall–Kier alpha value is -1.37. The van der Waals surface area contributed by atoms with E-state index in [4.69, 9.17) is 9.47 Å². The van der Waals surface area contributed by atoms with Gasteiger partial charge in [0.15, 0.2) is 0 Å². The molecule has 0 aromatic rings. The number of hydrogen-bond acceptors (Lipinski definition) is 6. The molecule has 2 atom stereocenters. The van der Waals surface area contributed by atoms with Gasteiger partial charge in [-0.1, -0.05) is 12.2 Å². The minimum Gasteiger partial charge on any atom is -0.466 e. The van der Waals surface area contributed by atoms with Crippen molar-refractivity contribution in [2.75, 3.05) is 60.6 Å². The highest BCUT2D eigenvalue weighted by Crippen LogP contribution is 2.50. The number of esters is 1. The Balaban J connectivity index is 1.65. The van der Waals surface area contributed by atoms with Crippen LogP contribution in [-0.2, 0) is 14.3 Å². The van der Waals surface area contributed by atoms with Gasteiger partial charge in [0.2, 0.25) is 0 Å². The summed E-state index contributed by atoms with van der Waals surface area (Å²) >= 11 is 0. The molecular weight excluding hydrogens is 354 g/mol. The molecule has 6 heteroatoms. The van der Waals surface area contributed by atoms with Crippen LogP contribution in [0.4, 0.5) is 0 Å². The summed E-state index contributed by atoms with van der Waals surface area (Å²) in [6.45, 7) is 5.85. The molecule has 0 amide bonds. The summed E-state index contributed by atoms with van der Waals surface area (Å²) in [4.78, 5) is 19.0. The molecule has 158 valence electrons. The quantitative estimate of drug-likeness (QED) is 0.443. The van der Waals surface area contributed by atoms with Crippen LogP contribution in [0.2, 0.25) is 0 Å². The van der Waals surface area contributed by atoms with Crippen molar-refractivity contribution in [1.29, 1.82) is 0 Å². The standard InChI is InChI=1S/C22H37N3O3/c1-23(2)18-20-7-5-13-24(20)12-4-6-19(8-9-21(26)27-3)22(10-11-22)25-14-16-28-17-15-25/h4,8-9,12,19-20H,5-7,10-11,13-18H2,1-3H3/b9-8+,12-4+. The summed E-state index contributed by atoms with van der Waals surface area (Å²) in [5.41, 5.74) is 0.187. The lowest BCUT2D eigenvalue weighted by atomic mass is 9.91. The van der Waals surface area contributed by atoms with Crippen LogP contribution in [0, 0.1) is 5.92 Å². The highest BCUT2D eigenvalue weighted by atomic mass is 16.5. The van der Waals surface area contributed by atoms with Crippen LogP contribution in [-0.4, -0.2) is 92.8 Å². The molecule has 0 radical (unpaired) electrons. The number of carbonyl (C=O) groups excluding carboxylic acids is 1. The van der Waals surface area contributed by atoms with Gasteiger partial charge in [0.1, 0.15) is 0 Å². The van der Waals surface area contributed by atoms with E-state index in [1.807, 2.05) is 0 Å². The second kappa shape index (κ2) is 9.90. The topological polar surface area (TPSA) is 45.2 Å². The number of allylic oxidation sites excluding steroid dienone is 1. The molecule has 2 saturated heterocycles. The smallest absolute Gasteiger partial charge is 0.330 e. The van der Waals surface area contributed by atoms with Crippen molar-refractivity contribution in [2.45, 2.75) is 43.7 Å². The number of likely N-dealkylation sites (N-methyl/N-ethyl adjacent to an activating group) is 1. The third kappa shape index (κ3) is 5.37. The monoisotopic (exact) mass is 391 g/mol. The molecule has 2 aliphatic heterocycles. The van der Waals surface area contributed by atoms with E-state index in [1.165, 1.54) is 32.8 Å². The van der Waals surface area contributed by atoms with Gasteiger partial charge in [-0.25, -0.2) is 4.79 Å². The van der Waals surface area contributed by atoms with Crippen molar-refractivity contribution in [3.8, 4) is 0 Å². The van der Waals surface area contributed by atoms with Crippen LogP contribution in [0.1, 0.15) is 32.1 Å². The van der Waals surface area contributed by atoms with E-state index in [1.54, 1.807) is 6.08 Å². The van der Waals surface area contributed by atoms with Gasteiger partial charge in [0.25, 0.3) is 0 Å². The SMILES string of the molecule is COC(=O)/C=C/C(C/C=C/N1CCCC1CN(C)C)C1(N2CCOCC2)CC1. The lowest BCUT2D eigenvalue weighted by Crippen LogP contribution is -2.48. The third-order valence-electron chi connectivity index (χ3n) is 6.44. The van der Waals surface area contributed by atoms with Gasteiger partial charge in [0.05, 0.1) is 20.3 Å². The maximum absolute atomic E-state index is 11.7. The zero-order chi connectivity index (χ0) is 20.0. The van der Waals surface area contributed by atoms with E-state index in [2.05, 4.69) is 47.1 Å². The number of morpholine rings is 1. The predicted octanol–water partition coefficient (Wildman–Crippen LogP) is 2.13. The number of hydrogen-bond donors (Lipinski definition) is 0. The molecule has 0 spiro atoms. The van der Waals surface area contributed by atoms with E-state index in [0.29, 0.717) is 12.0 Å². The van der Waals surface area contributed by atoms with Gasteiger partial charge in [-0.2, -0.15) is 0 Å². The number of carbonyl (C=O) groups is 1. The van der Waals surface area contributed by atoms with Crippen LogP contribution >= 0.6 is 0 Å². The Morgan fingerprint density at radius 1 is 1.29 bits per heavy atom. The van der Waals surface area contributed by atoms with Crippen molar-refractivity contribution in [2.24, 2.45) is 5.92 Å². The summed E-state index contributed by atoms with van der Waals surface area (Å²) in [7, 11) is 5.73. The van der Waals surface area contributed by atoms with Crippen LogP contribution in [0.25, 0.3) is 0 Å². The fourth-order valence-corrected chi connectivity index (χ4v) is 4.81. The molecular formula is C22H37N3O3. The van der Waals surface area contributed by atoms with Crippen molar-refractivity contribution in [3.63, 3.8) is 0 Å². The lowest BCUT2D eigenvalue weighted by Gasteiger charge is -2.38. The maximum Gasteiger partial charge on any atom is 0.330 e. The highest BCUT2D eigenvalue weighted by Gasteiger charge is 2.52. The summed E-state index contributed by atoms with van der Waals surface area (Å²) in [6, 6.07) is 0.615. The Kier molecular flexibility index (Phi) is 7.55. The zero-order valence-electron chi connectivity index (χ0n) is 17.8. The highest BCUT2D eigenvalue weighted by molar-refractivity contribution is 5.81. The van der Waals surface area contributed by atoms with E-state index >= 15 is 0 Å². The van der Waals surface area contributed by atoms with Gasteiger partial charge >= 0.3 is 5.97 Å². The summed E-state index contributed by atoms with van der Waals surface area (Å²) in [5, 5.41) is 0. The fraction of sp³-hybridized carbons (Fsp3) is 0.773. The van der Waals surface area contributed by atoms with Gasteiger partial charge < -0.3 is 19.3 Å². The molecule has 2 heterocycles. The Bertz CT molecular complexity index is 565. The van der Waals surface area contributed by atoms with Crippen LogP contribution in [0.5, 0.6) is 0 Å². The molecule has 2 unspecified atom stereocenters. The van der Waals surface area contributed by atoms with Gasteiger partial charge in [0, 0.05) is 43.8 Å². The predicted molar refractivity (Wildman–Crippen MR) is 111 cm³/mol. The number of ether oxygens (including phenoxy) is 2. The van der Waals surface area contributed by atoms with E-state index in [-0.39, 0.29) is 11.5 Å². The van der Waals surface area contributed by atoms with Crippen molar-refractivity contribution in [1.82, 2.24) is 14.7 Å². The molecule has 0 N–H and O–H groups in total. The molecule has 1 saturated carbocycles. The minimum absolute atomic E-state index is 0.187. The van der Waals surface area contributed by atoms with Gasteiger partial charge in [-0.05, 0) is 58.3 Å². The minimum atomic E-state index is -0.266. The Morgan fingerprint density at radius 2 is 2.04 bits per heavy atom. The number of methoxy groups -OCH3 is 1. The fourth-order valence-electron chi connectivity index (χ4n) is 4.81. The summed E-state index contributed by atoms with van der Waals surface area (Å²) in [5.74, 6) is 0.0631. The molecule has 3 fully saturated rings. The van der Waals surface area contributed by atoms with Crippen LogP contribution in [0.3, 0.4) is 0 Å². The largest absolute Gasteiger partial charge is 0.466 e. The van der Waals surface area contributed by atoms with E-state index < -0.39 is 0 Å². The van der Waals surface area contributed by atoms with Gasteiger partial charge in [-0.15, -0.1) is 0 Å². The first-order valence-electron chi connectivity index (χ1n) is 10.7. The third-order valence-corrected chi connectivity index (χ3v) is 6.44. The van der Waals surface area contributed by atoms with Gasteiger partial charge in [-0.3, -0.25) is 4.90 Å². The normalized spacial score (nSPS) is 26.4. The first kappa shape index (κ1) is 21.3. The Labute approximate surface area is 170 Å². The van der Waals surface area contributed by atoms with Crippen LogP contribution < -0.4 is 0 Å². The van der Waals surface area contributed by atoms with Crippen LogP contribution in [0.15, 0.2) is 24.4 Å². The zero-order valence-corrected chi connectivity index (χ0v) is 17.8. The van der Waals surface area contributed by atoms with Crippen molar-refractivity contribution < 1.29 is 14.3 Å². The van der Waals surface area contributed by atoms with Crippen molar-refractivity contribution in [3.05, 3.63) is 24.4 Å². The van der Waals surface area contributed by atoms with Crippen molar-refractivity contribution >= 4 is 5.97 Å². The second-order valence-corrected chi connectivity index (χ2v) is 8.61. The molecule has 0 bridgehead atoms. The number of nitrogens with zero attached hydrogens (tertiary/aromatic N) is 3. The average Bonchev–Trinajstić information content (AvgIpc) is 3.40. The molecule has 0 aromatic carbocycles. The number of rotatable bonds is 9. The number of likely N-dealkylation sites (tertiary alicyclic amines) is 1. The Morgan fingerprint density at radius 3 is 2.68 bits per heavy atom. The molecule has 3 aliphatic rings. The maximum atomic E-state index is 11.7. The molecule has 3 rings (SSSR count). The molecule has 6 nitrogen and oxygen atoms in total. The molecule has 28 heavy (non-hydrogen) atoms. The summed E-state index contributed by atoms with van der Waals surface area (Å²) in [6.07, 6.45) is 14.2. The van der Waals surface area contributed by atoms with E-state index in [9.17, 15) is 4.79 Å². The summed E-state index contributed by atoms with van der Waals surface area (Å²) < 4.78 is 10.4.